The SMILES string of the molecule is CC#CC.CCC(C)CN(CC)C(=O)C(=O)Nc1cnc(N)c(C)c1. The summed E-state index contributed by atoms with van der Waals surface area (Å²) in [6.45, 7) is 12.5. The van der Waals surface area contributed by atoms with Gasteiger partial charge in [-0.05, 0) is 45.2 Å². The fourth-order valence-corrected chi connectivity index (χ4v) is 1.84. The van der Waals surface area contributed by atoms with Crippen LogP contribution in [0, 0.1) is 24.7 Å². The number of nitrogens with zero attached hydrogens (tertiary/aromatic N) is 2. The number of nitrogens with two attached hydrogens (primary N) is 1. The van der Waals surface area contributed by atoms with Gasteiger partial charge in [-0.2, -0.15) is 0 Å². The second-order valence-corrected chi connectivity index (χ2v) is 5.74. The summed E-state index contributed by atoms with van der Waals surface area (Å²) in [5.74, 6) is 4.96. The van der Waals surface area contributed by atoms with E-state index in [9.17, 15) is 9.59 Å². The number of rotatable bonds is 5. The Labute approximate surface area is 151 Å². The largest absolute Gasteiger partial charge is 0.383 e. The molecule has 1 aromatic heterocycles. The highest BCUT2D eigenvalue weighted by molar-refractivity contribution is 6.39. The van der Waals surface area contributed by atoms with Crippen molar-refractivity contribution in [2.75, 3.05) is 24.1 Å². The van der Waals surface area contributed by atoms with Crippen molar-refractivity contribution in [3.63, 3.8) is 0 Å². The van der Waals surface area contributed by atoms with Crippen LogP contribution in [-0.2, 0) is 9.59 Å². The molecule has 0 radical (unpaired) electrons. The molecule has 6 nitrogen and oxygen atoms in total. The number of nitrogen functional groups attached to an aromatic ring is 1. The summed E-state index contributed by atoms with van der Waals surface area (Å²) in [7, 11) is 0. The molecule has 0 aromatic carbocycles. The van der Waals surface area contributed by atoms with E-state index >= 15 is 0 Å². The number of aryl methyl sites for hydroxylation is 1. The minimum Gasteiger partial charge on any atom is -0.383 e. The lowest BCUT2D eigenvalue weighted by atomic mass is 10.1. The van der Waals surface area contributed by atoms with Crippen LogP contribution in [0.1, 0.15) is 46.6 Å². The number of likely N-dealkylation sites (N-methyl/N-ethyl adjacent to an activating group) is 1. The third-order valence-corrected chi connectivity index (χ3v) is 3.72. The van der Waals surface area contributed by atoms with Crippen LogP contribution in [0.15, 0.2) is 12.3 Å². The number of aromatic nitrogens is 1. The number of amides is 2. The van der Waals surface area contributed by atoms with Crippen LogP contribution in [0.4, 0.5) is 11.5 Å². The van der Waals surface area contributed by atoms with Gasteiger partial charge in [-0.1, -0.05) is 20.3 Å². The fraction of sp³-hybridized carbons (Fsp3) is 0.526. The van der Waals surface area contributed by atoms with Crippen molar-refractivity contribution in [1.29, 1.82) is 0 Å². The summed E-state index contributed by atoms with van der Waals surface area (Å²) < 4.78 is 0. The van der Waals surface area contributed by atoms with Crippen LogP contribution >= 0.6 is 0 Å². The highest BCUT2D eigenvalue weighted by Gasteiger charge is 2.22. The molecule has 0 spiro atoms. The molecular formula is C19H30N4O2. The first-order valence-electron chi connectivity index (χ1n) is 8.46. The maximum Gasteiger partial charge on any atom is 0.313 e. The zero-order valence-electron chi connectivity index (χ0n) is 16.1. The number of nitrogens with one attached hydrogen (secondary N) is 1. The van der Waals surface area contributed by atoms with Crippen molar-refractivity contribution in [2.45, 2.75) is 48.0 Å². The van der Waals surface area contributed by atoms with Crippen LogP contribution in [0.25, 0.3) is 0 Å². The Balaban J connectivity index is 0.00000129. The molecule has 0 bridgehead atoms. The van der Waals surface area contributed by atoms with Gasteiger partial charge in [0.15, 0.2) is 0 Å². The molecule has 0 aliphatic rings. The Morgan fingerprint density at radius 1 is 1.32 bits per heavy atom. The topological polar surface area (TPSA) is 88.3 Å². The highest BCUT2D eigenvalue weighted by atomic mass is 16.2. The van der Waals surface area contributed by atoms with E-state index in [4.69, 9.17) is 5.73 Å². The summed E-state index contributed by atoms with van der Waals surface area (Å²) in [5, 5.41) is 2.57. The first-order chi connectivity index (χ1) is 11.8. The molecule has 6 heteroatoms. The van der Waals surface area contributed by atoms with Gasteiger partial charge in [0.05, 0.1) is 11.9 Å². The maximum absolute atomic E-state index is 12.2. The number of hydrogen-bond acceptors (Lipinski definition) is 4. The molecule has 1 heterocycles. The van der Waals surface area contributed by atoms with Crippen LogP contribution in [0.2, 0.25) is 0 Å². The van der Waals surface area contributed by atoms with Crippen LogP contribution in [-0.4, -0.2) is 34.8 Å². The van der Waals surface area contributed by atoms with E-state index in [-0.39, 0.29) is 0 Å². The maximum atomic E-state index is 12.2. The Morgan fingerprint density at radius 2 is 1.92 bits per heavy atom. The zero-order valence-corrected chi connectivity index (χ0v) is 16.1. The van der Waals surface area contributed by atoms with Gasteiger partial charge >= 0.3 is 11.8 Å². The van der Waals surface area contributed by atoms with Crippen LogP contribution in [0.5, 0.6) is 0 Å². The predicted octanol–water partition coefficient (Wildman–Crippen LogP) is 2.83. The number of pyridine rings is 1. The summed E-state index contributed by atoms with van der Waals surface area (Å²) >= 11 is 0. The molecule has 25 heavy (non-hydrogen) atoms. The number of carbonyl (C=O) groups is 2. The monoisotopic (exact) mass is 346 g/mol. The molecule has 1 aromatic rings. The summed E-state index contributed by atoms with van der Waals surface area (Å²) in [5.41, 5.74) is 6.85. The molecule has 2 amide bonds. The summed E-state index contributed by atoms with van der Waals surface area (Å²) in [6, 6.07) is 1.69. The third kappa shape index (κ3) is 8.20. The van der Waals surface area contributed by atoms with Gasteiger partial charge in [-0.25, -0.2) is 4.98 Å². The number of carbonyl (C=O) groups excluding carboxylic acids is 2. The van der Waals surface area contributed by atoms with E-state index in [1.54, 1.807) is 17.9 Å². The molecule has 1 rings (SSSR count). The molecule has 1 atom stereocenters. The van der Waals surface area contributed by atoms with E-state index in [2.05, 4.69) is 36.0 Å². The van der Waals surface area contributed by atoms with Gasteiger partial charge in [0.25, 0.3) is 0 Å². The van der Waals surface area contributed by atoms with Gasteiger partial charge in [-0.15, -0.1) is 11.8 Å². The molecule has 0 fully saturated rings. The van der Waals surface area contributed by atoms with Gasteiger partial charge in [-0.3, -0.25) is 9.59 Å². The standard InChI is InChI=1S/C15H24N4O2.C4H6/c1-5-10(3)9-19(6-2)15(21)14(20)18-12-7-11(4)13(16)17-8-12;1-3-4-2/h7-8,10H,5-6,9H2,1-4H3,(H2,16,17)(H,18,20);1-2H3. The van der Waals surface area contributed by atoms with E-state index in [1.165, 1.54) is 6.20 Å². The molecule has 1 unspecified atom stereocenters. The van der Waals surface area contributed by atoms with Gasteiger partial charge in [0.2, 0.25) is 0 Å². The molecule has 138 valence electrons. The molecule has 3 N–H and O–H groups in total. The molecule has 0 saturated heterocycles. The molecule has 0 aliphatic heterocycles. The second kappa shape index (κ2) is 11.9. The molecule has 0 aliphatic carbocycles. The first-order valence-corrected chi connectivity index (χ1v) is 8.46. The average Bonchev–Trinajstić information content (AvgIpc) is 2.61. The fourth-order valence-electron chi connectivity index (χ4n) is 1.84. The summed E-state index contributed by atoms with van der Waals surface area (Å²) in [6.07, 6.45) is 2.41. The average molecular weight is 346 g/mol. The number of anilines is 2. The van der Waals surface area contributed by atoms with Crippen molar-refractivity contribution in [2.24, 2.45) is 5.92 Å². The lowest BCUT2D eigenvalue weighted by molar-refractivity contribution is -0.143. The quantitative estimate of drug-likeness (QED) is 0.634. The molecular weight excluding hydrogens is 316 g/mol. The normalized spacial score (nSPS) is 10.5. The lowest BCUT2D eigenvalue weighted by Crippen LogP contribution is -2.41. The van der Waals surface area contributed by atoms with Crippen molar-refractivity contribution in [1.82, 2.24) is 9.88 Å². The van der Waals surface area contributed by atoms with Crippen molar-refractivity contribution < 1.29 is 9.59 Å². The third-order valence-electron chi connectivity index (χ3n) is 3.72. The highest BCUT2D eigenvalue weighted by Crippen LogP contribution is 2.13. The second-order valence-electron chi connectivity index (χ2n) is 5.74. The van der Waals surface area contributed by atoms with Crippen molar-refractivity contribution in [3.8, 4) is 11.8 Å². The smallest absolute Gasteiger partial charge is 0.313 e. The van der Waals surface area contributed by atoms with E-state index in [0.717, 1.165) is 12.0 Å². The van der Waals surface area contributed by atoms with Crippen molar-refractivity contribution >= 4 is 23.3 Å². The van der Waals surface area contributed by atoms with Gasteiger partial charge < -0.3 is 16.0 Å². The molecule has 0 saturated carbocycles. The zero-order chi connectivity index (χ0) is 19.4. The Bertz CT molecular complexity index is 626. The van der Waals surface area contributed by atoms with Gasteiger partial charge in [0.1, 0.15) is 5.82 Å². The first kappa shape index (κ1) is 22.4. The predicted molar refractivity (Wildman–Crippen MR) is 103 cm³/mol. The van der Waals surface area contributed by atoms with E-state index in [0.29, 0.717) is 30.5 Å². The summed E-state index contributed by atoms with van der Waals surface area (Å²) in [4.78, 5) is 29.7. The minimum absolute atomic E-state index is 0.363. The Morgan fingerprint density at radius 3 is 2.36 bits per heavy atom. The van der Waals surface area contributed by atoms with E-state index in [1.807, 2.05) is 20.8 Å². The van der Waals surface area contributed by atoms with Crippen LogP contribution < -0.4 is 11.1 Å². The van der Waals surface area contributed by atoms with Crippen molar-refractivity contribution in [3.05, 3.63) is 17.8 Å². The minimum atomic E-state index is -0.647. The van der Waals surface area contributed by atoms with E-state index < -0.39 is 11.8 Å². The van der Waals surface area contributed by atoms with Gasteiger partial charge in [0, 0.05) is 13.1 Å². The number of hydrogen-bond donors (Lipinski definition) is 2. The Hall–Kier alpha value is -2.55. The van der Waals surface area contributed by atoms with Crippen LogP contribution in [0.3, 0.4) is 0 Å². The Kier molecular flexibility index (Phi) is 10.7. The lowest BCUT2D eigenvalue weighted by Gasteiger charge is -2.23.